The third kappa shape index (κ3) is 3.25. The number of rotatable bonds is 5. The number of carbonyl (C=O) groups excluding carboxylic acids is 1. The van der Waals surface area contributed by atoms with E-state index in [0.717, 1.165) is 17.7 Å². The van der Waals surface area contributed by atoms with Gasteiger partial charge in [0.15, 0.2) is 0 Å². The summed E-state index contributed by atoms with van der Waals surface area (Å²) < 4.78 is 10.2. The van der Waals surface area contributed by atoms with Crippen molar-refractivity contribution in [2.24, 2.45) is 0 Å². The predicted molar refractivity (Wildman–Crippen MR) is 72.1 cm³/mol. The fourth-order valence-corrected chi connectivity index (χ4v) is 2.07. The Morgan fingerprint density at radius 2 is 1.83 bits per heavy atom. The second-order valence-electron chi connectivity index (χ2n) is 4.56. The molecule has 0 saturated carbocycles. The van der Waals surface area contributed by atoms with Crippen LogP contribution < -0.4 is 4.74 Å². The van der Waals surface area contributed by atoms with Crippen LogP contribution >= 0.6 is 0 Å². The van der Waals surface area contributed by atoms with E-state index in [1.807, 2.05) is 6.07 Å². The minimum atomic E-state index is -0.179. The van der Waals surface area contributed by atoms with Gasteiger partial charge in [-0.3, -0.25) is 4.79 Å². The zero-order valence-corrected chi connectivity index (χ0v) is 11.9. The molecule has 0 aliphatic carbocycles. The molecule has 0 amide bonds. The quantitative estimate of drug-likeness (QED) is 0.752. The van der Waals surface area contributed by atoms with Gasteiger partial charge in [-0.15, -0.1) is 0 Å². The van der Waals surface area contributed by atoms with E-state index in [-0.39, 0.29) is 11.9 Å². The molecular formula is C15H22O3. The monoisotopic (exact) mass is 250 g/mol. The summed E-state index contributed by atoms with van der Waals surface area (Å²) in [5.74, 6) is 0.822. The molecule has 100 valence electrons. The van der Waals surface area contributed by atoms with E-state index in [1.165, 1.54) is 18.2 Å². The first-order valence-corrected chi connectivity index (χ1v) is 6.25. The molecule has 0 saturated heterocycles. The normalized spacial score (nSPS) is 12.1. The van der Waals surface area contributed by atoms with Crippen LogP contribution in [0.3, 0.4) is 0 Å². The molecule has 1 aromatic rings. The summed E-state index contributed by atoms with van der Waals surface area (Å²) in [6.45, 7) is 6.20. The molecule has 0 fully saturated rings. The number of benzene rings is 1. The van der Waals surface area contributed by atoms with Crippen molar-refractivity contribution in [1.82, 2.24) is 0 Å². The van der Waals surface area contributed by atoms with Crippen molar-refractivity contribution in [3.05, 3.63) is 28.8 Å². The van der Waals surface area contributed by atoms with Crippen LogP contribution in [0.2, 0.25) is 0 Å². The molecule has 0 bridgehead atoms. The number of methoxy groups -OCH3 is 2. The summed E-state index contributed by atoms with van der Waals surface area (Å²) >= 11 is 0. The van der Waals surface area contributed by atoms with Gasteiger partial charge in [-0.25, -0.2) is 0 Å². The van der Waals surface area contributed by atoms with E-state index in [2.05, 4.69) is 26.8 Å². The Hall–Kier alpha value is -1.51. The molecule has 1 atom stereocenters. The zero-order valence-electron chi connectivity index (χ0n) is 11.9. The van der Waals surface area contributed by atoms with Gasteiger partial charge in [0, 0.05) is 0 Å². The van der Waals surface area contributed by atoms with E-state index in [1.54, 1.807) is 7.11 Å². The topological polar surface area (TPSA) is 35.5 Å². The van der Waals surface area contributed by atoms with Gasteiger partial charge in [-0.2, -0.15) is 0 Å². The lowest BCUT2D eigenvalue weighted by Crippen LogP contribution is -2.09. The Labute approximate surface area is 109 Å². The van der Waals surface area contributed by atoms with Gasteiger partial charge in [0.1, 0.15) is 5.75 Å². The van der Waals surface area contributed by atoms with Crippen LogP contribution in [-0.2, 0) is 9.53 Å². The van der Waals surface area contributed by atoms with Crippen molar-refractivity contribution in [3.8, 4) is 5.75 Å². The Morgan fingerprint density at radius 3 is 2.33 bits per heavy atom. The van der Waals surface area contributed by atoms with Gasteiger partial charge in [0.2, 0.25) is 0 Å². The first-order chi connectivity index (χ1) is 8.53. The lowest BCUT2D eigenvalue weighted by atomic mass is 9.90. The summed E-state index contributed by atoms with van der Waals surface area (Å²) in [4.78, 5) is 11.4. The van der Waals surface area contributed by atoms with Gasteiger partial charge in [-0.05, 0) is 48.9 Å². The lowest BCUT2D eigenvalue weighted by Gasteiger charge is -2.19. The summed E-state index contributed by atoms with van der Waals surface area (Å²) in [6, 6.07) is 4.15. The number of aryl methyl sites for hydroxylation is 2. The van der Waals surface area contributed by atoms with Crippen molar-refractivity contribution in [2.75, 3.05) is 14.2 Å². The molecule has 0 radical (unpaired) electrons. The van der Waals surface area contributed by atoms with Gasteiger partial charge in [0.05, 0.1) is 20.6 Å². The van der Waals surface area contributed by atoms with Gasteiger partial charge < -0.3 is 9.47 Å². The number of hydrogen-bond acceptors (Lipinski definition) is 3. The molecule has 3 heteroatoms. The predicted octanol–water partition coefficient (Wildman–Crippen LogP) is 3.37. The van der Waals surface area contributed by atoms with Gasteiger partial charge in [0.25, 0.3) is 0 Å². The summed E-state index contributed by atoms with van der Waals surface area (Å²) in [6.07, 6.45) is 1.28. The van der Waals surface area contributed by atoms with Crippen molar-refractivity contribution >= 4 is 5.97 Å². The van der Waals surface area contributed by atoms with Crippen LogP contribution in [0.15, 0.2) is 12.1 Å². The van der Waals surface area contributed by atoms with Gasteiger partial charge >= 0.3 is 5.97 Å². The van der Waals surface area contributed by atoms with Crippen LogP contribution in [-0.4, -0.2) is 20.2 Å². The maximum Gasteiger partial charge on any atom is 0.306 e. The zero-order chi connectivity index (χ0) is 13.7. The molecule has 18 heavy (non-hydrogen) atoms. The van der Waals surface area contributed by atoms with E-state index >= 15 is 0 Å². The molecule has 0 heterocycles. The Balaban J connectivity index is 3.11. The largest absolute Gasteiger partial charge is 0.496 e. The van der Waals surface area contributed by atoms with Crippen molar-refractivity contribution in [3.63, 3.8) is 0 Å². The SMILES string of the molecule is CCC(CC(=O)OC)c1cc(C)c(C)cc1OC. The van der Waals surface area contributed by atoms with Crippen LogP contribution in [0.1, 0.15) is 42.4 Å². The van der Waals surface area contributed by atoms with Crippen LogP contribution in [0.25, 0.3) is 0 Å². The summed E-state index contributed by atoms with van der Waals surface area (Å²) in [5.41, 5.74) is 3.51. The van der Waals surface area contributed by atoms with Crippen LogP contribution in [0, 0.1) is 13.8 Å². The molecule has 1 unspecified atom stereocenters. The average Bonchev–Trinajstić information content (AvgIpc) is 2.38. The van der Waals surface area contributed by atoms with Crippen molar-refractivity contribution < 1.29 is 14.3 Å². The average molecular weight is 250 g/mol. The third-order valence-electron chi connectivity index (χ3n) is 3.42. The number of hydrogen-bond donors (Lipinski definition) is 0. The summed E-state index contributed by atoms with van der Waals surface area (Å²) in [7, 11) is 3.09. The highest BCUT2D eigenvalue weighted by Crippen LogP contribution is 2.33. The smallest absolute Gasteiger partial charge is 0.306 e. The first-order valence-electron chi connectivity index (χ1n) is 6.25. The first kappa shape index (κ1) is 14.6. The minimum Gasteiger partial charge on any atom is -0.496 e. The third-order valence-corrected chi connectivity index (χ3v) is 3.42. The van der Waals surface area contributed by atoms with Crippen LogP contribution in [0.4, 0.5) is 0 Å². The molecule has 1 rings (SSSR count). The van der Waals surface area contributed by atoms with E-state index in [4.69, 9.17) is 9.47 Å². The lowest BCUT2D eigenvalue weighted by molar-refractivity contribution is -0.141. The molecule has 0 aromatic heterocycles. The summed E-state index contributed by atoms with van der Waals surface area (Å²) in [5, 5.41) is 0. The number of carbonyl (C=O) groups is 1. The fourth-order valence-electron chi connectivity index (χ4n) is 2.07. The highest BCUT2D eigenvalue weighted by Gasteiger charge is 2.19. The Bertz CT molecular complexity index is 424. The molecule has 0 aliphatic heterocycles. The second kappa shape index (κ2) is 6.43. The number of ether oxygens (including phenoxy) is 2. The fraction of sp³-hybridized carbons (Fsp3) is 0.533. The van der Waals surface area contributed by atoms with E-state index < -0.39 is 0 Å². The van der Waals surface area contributed by atoms with E-state index in [0.29, 0.717) is 6.42 Å². The minimum absolute atomic E-state index is 0.145. The van der Waals surface area contributed by atoms with Crippen molar-refractivity contribution in [1.29, 1.82) is 0 Å². The highest BCUT2D eigenvalue weighted by molar-refractivity contribution is 5.70. The van der Waals surface area contributed by atoms with Crippen LogP contribution in [0.5, 0.6) is 5.75 Å². The van der Waals surface area contributed by atoms with Gasteiger partial charge in [-0.1, -0.05) is 13.0 Å². The Morgan fingerprint density at radius 1 is 1.22 bits per heavy atom. The highest BCUT2D eigenvalue weighted by atomic mass is 16.5. The standard InChI is InChI=1S/C15H22O3/c1-6-12(9-15(16)18-5)13-7-10(2)11(3)8-14(13)17-4/h7-8,12H,6,9H2,1-5H3. The molecular weight excluding hydrogens is 228 g/mol. The maximum absolute atomic E-state index is 11.4. The number of esters is 1. The second-order valence-corrected chi connectivity index (χ2v) is 4.56. The molecule has 3 nitrogen and oxygen atoms in total. The molecule has 0 spiro atoms. The van der Waals surface area contributed by atoms with Crippen molar-refractivity contribution in [2.45, 2.75) is 39.5 Å². The molecule has 0 N–H and O–H groups in total. The Kier molecular flexibility index (Phi) is 5.20. The maximum atomic E-state index is 11.4. The van der Waals surface area contributed by atoms with E-state index in [9.17, 15) is 4.79 Å². The molecule has 1 aromatic carbocycles. The molecule has 0 aliphatic rings.